The molecule has 0 saturated heterocycles. The van der Waals surface area contributed by atoms with Gasteiger partial charge in [0.2, 0.25) is 0 Å². The Morgan fingerprint density at radius 2 is 1.71 bits per heavy atom. The molecule has 0 heterocycles. The fourth-order valence-electron chi connectivity index (χ4n) is 0.930. The van der Waals surface area contributed by atoms with Crippen LogP contribution in [0.25, 0.3) is 0 Å². The van der Waals surface area contributed by atoms with Crippen molar-refractivity contribution in [2.24, 2.45) is 0 Å². The van der Waals surface area contributed by atoms with Crippen molar-refractivity contribution >= 4 is 28.0 Å². The van der Waals surface area contributed by atoms with Gasteiger partial charge in [-0.15, -0.1) is 0 Å². The number of amides is 1. The predicted octanol–water partition coefficient (Wildman–Crippen LogP) is 1.51. The zero-order chi connectivity index (χ0) is 10.6. The van der Waals surface area contributed by atoms with Crippen LogP contribution < -0.4 is 4.34 Å². The number of hydrogen-bond acceptors (Lipinski definition) is 3. The van der Waals surface area contributed by atoms with E-state index in [1.54, 1.807) is 12.1 Å². The van der Waals surface area contributed by atoms with Crippen molar-refractivity contribution < 1.29 is 14.3 Å². The molecule has 1 rings (SSSR count). The first kappa shape index (κ1) is 10.7. The van der Waals surface area contributed by atoms with E-state index in [9.17, 15) is 9.59 Å². The Morgan fingerprint density at radius 3 is 2.14 bits per heavy atom. The van der Waals surface area contributed by atoms with Gasteiger partial charge in [0.15, 0.2) is 0 Å². The molecule has 14 heavy (non-hydrogen) atoms. The molecule has 0 aliphatic heterocycles. The standard InChI is InChI=1S/C9H8BrNO3/c1-14-9(13)7-4-2-6(3-5-7)8(12)11-10/h2-5H,1H3,(H,11,12). The van der Waals surface area contributed by atoms with Crippen LogP contribution in [0.4, 0.5) is 0 Å². The number of carbonyl (C=O) groups excluding carboxylic acids is 2. The van der Waals surface area contributed by atoms with E-state index in [2.05, 4.69) is 25.2 Å². The van der Waals surface area contributed by atoms with Crippen LogP contribution in [0.15, 0.2) is 24.3 Å². The Bertz CT molecular complexity index is 313. The summed E-state index contributed by atoms with van der Waals surface area (Å²) in [5.41, 5.74) is 0.883. The van der Waals surface area contributed by atoms with Gasteiger partial charge >= 0.3 is 5.97 Å². The van der Waals surface area contributed by atoms with E-state index in [1.165, 1.54) is 19.2 Å². The Morgan fingerprint density at radius 1 is 1.21 bits per heavy atom. The van der Waals surface area contributed by atoms with Crippen LogP contribution in [-0.2, 0) is 4.74 Å². The first-order valence-corrected chi connectivity index (χ1v) is 4.57. The van der Waals surface area contributed by atoms with E-state index in [0.717, 1.165) is 0 Å². The monoisotopic (exact) mass is 257 g/mol. The largest absolute Gasteiger partial charge is 0.465 e. The fourth-order valence-corrected chi connectivity index (χ4v) is 1.16. The maximum atomic E-state index is 11.1. The second kappa shape index (κ2) is 4.76. The number of ether oxygens (including phenoxy) is 1. The lowest BCUT2D eigenvalue weighted by Gasteiger charge is -2.00. The number of carbonyl (C=O) groups is 2. The number of halogens is 1. The first-order chi connectivity index (χ1) is 6.69. The van der Waals surface area contributed by atoms with E-state index in [1.807, 2.05) is 0 Å². The van der Waals surface area contributed by atoms with E-state index in [-0.39, 0.29) is 5.91 Å². The summed E-state index contributed by atoms with van der Waals surface area (Å²) < 4.78 is 6.82. The number of hydrogen-bond donors (Lipinski definition) is 1. The van der Waals surface area contributed by atoms with Crippen LogP contribution in [0.2, 0.25) is 0 Å². The molecule has 0 aliphatic carbocycles. The van der Waals surface area contributed by atoms with Gasteiger partial charge in [0.05, 0.1) is 12.7 Å². The number of nitrogens with one attached hydrogen (secondary N) is 1. The van der Waals surface area contributed by atoms with Crippen molar-refractivity contribution in [2.75, 3.05) is 7.11 Å². The molecule has 0 saturated carbocycles. The van der Waals surface area contributed by atoms with Gasteiger partial charge in [0.25, 0.3) is 5.91 Å². The summed E-state index contributed by atoms with van der Waals surface area (Å²) in [6.45, 7) is 0. The van der Waals surface area contributed by atoms with Gasteiger partial charge in [-0.25, -0.2) is 4.79 Å². The lowest BCUT2D eigenvalue weighted by atomic mass is 10.1. The maximum Gasteiger partial charge on any atom is 0.337 e. The summed E-state index contributed by atoms with van der Waals surface area (Å²) in [5, 5.41) is 0. The summed E-state index contributed by atoms with van der Waals surface area (Å²) in [6.07, 6.45) is 0. The molecule has 0 aliphatic rings. The number of benzene rings is 1. The zero-order valence-electron chi connectivity index (χ0n) is 7.41. The van der Waals surface area contributed by atoms with Gasteiger partial charge in [0, 0.05) is 21.7 Å². The molecule has 1 amide bonds. The molecule has 1 aromatic carbocycles. The molecule has 0 spiro atoms. The van der Waals surface area contributed by atoms with Gasteiger partial charge in [-0.05, 0) is 24.3 Å². The highest BCUT2D eigenvalue weighted by atomic mass is 79.9. The Labute approximate surface area is 89.6 Å². The Hall–Kier alpha value is -1.36. The highest BCUT2D eigenvalue weighted by molar-refractivity contribution is 9.08. The van der Waals surface area contributed by atoms with E-state index in [0.29, 0.717) is 11.1 Å². The Kier molecular flexibility index (Phi) is 3.64. The van der Waals surface area contributed by atoms with Crippen molar-refractivity contribution in [3.8, 4) is 0 Å². The van der Waals surface area contributed by atoms with Gasteiger partial charge in [-0.3, -0.25) is 9.14 Å². The summed E-state index contributed by atoms with van der Waals surface area (Å²) in [7, 11) is 1.31. The van der Waals surface area contributed by atoms with Crippen LogP contribution in [-0.4, -0.2) is 19.0 Å². The van der Waals surface area contributed by atoms with Crippen molar-refractivity contribution in [2.45, 2.75) is 0 Å². The minimum Gasteiger partial charge on any atom is -0.465 e. The average Bonchev–Trinajstić information content (AvgIpc) is 2.27. The SMILES string of the molecule is COC(=O)c1ccc(C(=O)NBr)cc1. The molecule has 0 fully saturated rings. The second-order valence-electron chi connectivity index (χ2n) is 2.49. The van der Waals surface area contributed by atoms with Crippen LogP contribution >= 0.6 is 16.1 Å². The molecule has 0 bridgehead atoms. The molecule has 0 atom stereocenters. The molecular weight excluding hydrogens is 250 g/mol. The molecule has 0 aromatic heterocycles. The zero-order valence-corrected chi connectivity index (χ0v) is 9.00. The molecule has 1 aromatic rings. The highest BCUT2D eigenvalue weighted by Gasteiger charge is 2.07. The topological polar surface area (TPSA) is 55.4 Å². The summed E-state index contributed by atoms with van der Waals surface area (Å²) in [5.74, 6) is -0.683. The van der Waals surface area contributed by atoms with Crippen molar-refractivity contribution in [1.82, 2.24) is 4.34 Å². The second-order valence-corrected chi connectivity index (χ2v) is 2.89. The van der Waals surface area contributed by atoms with E-state index >= 15 is 0 Å². The maximum absolute atomic E-state index is 11.1. The van der Waals surface area contributed by atoms with E-state index in [4.69, 9.17) is 0 Å². The van der Waals surface area contributed by atoms with Crippen LogP contribution in [0.1, 0.15) is 20.7 Å². The summed E-state index contributed by atoms with van der Waals surface area (Å²) in [6, 6.07) is 6.15. The number of rotatable bonds is 2. The minimum absolute atomic E-state index is 0.263. The van der Waals surface area contributed by atoms with Crippen molar-refractivity contribution in [3.05, 3.63) is 35.4 Å². The van der Waals surface area contributed by atoms with Gasteiger partial charge in [0.1, 0.15) is 0 Å². The van der Waals surface area contributed by atoms with Crippen molar-refractivity contribution in [3.63, 3.8) is 0 Å². The van der Waals surface area contributed by atoms with Gasteiger partial charge < -0.3 is 4.74 Å². The number of esters is 1. The molecule has 74 valence electrons. The van der Waals surface area contributed by atoms with Crippen LogP contribution in [0.5, 0.6) is 0 Å². The normalized spacial score (nSPS) is 9.29. The molecule has 4 nitrogen and oxygen atoms in total. The molecule has 0 unspecified atom stereocenters. The molecule has 5 heteroatoms. The molecule has 1 N–H and O–H groups in total. The molecule has 0 radical (unpaired) electrons. The lowest BCUT2D eigenvalue weighted by Crippen LogP contribution is -2.12. The van der Waals surface area contributed by atoms with Crippen LogP contribution in [0, 0.1) is 0 Å². The van der Waals surface area contributed by atoms with Gasteiger partial charge in [-0.2, -0.15) is 0 Å². The van der Waals surface area contributed by atoms with Crippen LogP contribution in [0.3, 0.4) is 0 Å². The minimum atomic E-state index is -0.421. The lowest BCUT2D eigenvalue weighted by molar-refractivity contribution is 0.0600. The summed E-state index contributed by atoms with van der Waals surface area (Å²) >= 11 is 2.82. The third kappa shape index (κ3) is 2.32. The highest BCUT2D eigenvalue weighted by Crippen LogP contribution is 2.05. The fraction of sp³-hybridized carbons (Fsp3) is 0.111. The average molecular weight is 258 g/mol. The van der Waals surface area contributed by atoms with E-state index < -0.39 is 5.97 Å². The quantitative estimate of drug-likeness (QED) is 0.646. The first-order valence-electron chi connectivity index (χ1n) is 3.78. The smallest absolute Gasteiger partial charge is 0.337 e. The predicted molar refractivity (Wildman–Crippen MR) is 54.2 cm³/mol. The molecular formula is C9H8BrNO3. The third-order valence-electron chi connectivity index (χ3n) is 1.65. The van der Waals surface area contributed by atoms with Gasteiger partial charge in [-0.1, -0.05) is 0 Å². The number of methoxy groups -OCH3 is 1. The Balaban J connectivity index is 2.89. The van der Waals surface area contributed by atoms with Crippen molar-refractivity contribution in [1.29, 1.82) is 0 Å². The summed E-state index contributed by atoms with van der Waals surface area (Å²) in [4.78, 5) is 22.1. The third-order valence-corrected chi connectivity index (χ3v) is 2.01.